The van der Waals surface area contributed by atoms with Gasteiger partial charge in [0, 0.05) is 24.2 Å². The van der Waals surface area contributed by atoms with Crippen LogP contribution in [0.5, 0.6) is 0 Å². The molecule has 0 aliphatic carbocycles. The summed E-state index contributed by atoms with van der Waals surface area (Å²) in [5.41, 5.74) is 3.89. The second kappa shape index (κ2) is 10.4. The van der Waals surface area contributed by atoms with Gasteiger partial charge in [0.15, 0.2) is 0 Å². The van der Waals surface area contributed by atoms with Gasteiger partial charge in [-0.2, -0.15) is 0 Å². The molecule has 0 bridgehead atoms. The number of nitrogens with zero attached hydrogens (tertiary/aromatic N) is 1. The van der Waals surface area contributed by atoms with E-state index in [0.29, 0.717) is 28.6 Å². The fourth-order valence-corrected chi connectivity index (χ4v) is 4.12. The molecule has 1 amide bonds. The Balaban J connectivity index is 1.69. The molecule has 0 radical (unpaired) electrons. The van der Waals surface area contributed by atoms with Crippen molar-refractivity contribution in [3.8, 4) is 11.3 Å². The zero-order valence-corrected chi connectivity index (χ0v) is 19.7. The average Bonchev–Trinajstić information content (AvgIpc) is 3.47. The molecule has 2 aromatic carbocycles. The van der Waals surface area contributed by atoms with Crippen molar-refractivity contribution in [3.63, 3.8) is 0 Å². The lowest BCUT2D eigenvalue weighted by atomic mass is 10.0. The minimum absolute atomic E-state index is 0.268. The SMILES string of the molecule is COC(=O)C(Cc1ccc(Cl)cc1)NC(=O)c1c(-c2ccco2)c(C)cn1Cc1ccccc1. The number of hydrogen-bond acceptors (Lipinski definition) is 4. The zero-order valence-electron chi connectivity index (χ0n) is 19.0. The molecule has 0 fully saturated rings. The van der Waals surface area contributed by atoms with Crippen LogP contribution in [0, 0.1) is 6.92 Å². The summed E-state index contributed by atoms with van der Waals surface area (Å²) in [5.74, 6) is -0.331. The maximum absolute atomic E-state index is 13.7. The summed E-state index contributed by atoms with van der Waals surface area (Å²) in [7, 11) is 1.31. The number of amides is 1. The lowest BCUT2D eigenvalue weighted by Crippen LogP contribution is -2.43. The van der Waals surface area contributed by atoms with Crippen LogP contribution in [0.2, 0.25) is 5.02 Å². The molecule has 0 saturated carbocycles. The molecule has 1 atom stereocenters. The van der Waals surface area contributed by atoms with E-state index in [0.717, 1.165) is 16.7 Å². The van der Waals surface area contributed by atoms with Crippen LogP contribution in [-0.2, 0) is 22.5 Å². The molecule has 0 aliphatic rings. The molecule has 1 N–H and O–H groups in total. The highest BCUT2D eigenvalue weighted by Gasteiger charge is 2.28. The molecule has 7 heteroatoms. The summed E-state index contributed by atoms with van der Waals surface area (Å²) in [6, 6.07) is 19.7. The minimum atomic E-state index is -0.872. The van der Waals surface area contributed by atoms with Gasteiger partial charge in [0.2, 0.25) is 0 Å². The topological polar surface area (TPSA) is 73.5 Å². The van der Waals surface area contributed by atoms with E-state index >= 15 is 0 Å². The molecule has 0 aliphatic heterocycles. The third-order valence-electron chi connectivity index (χ3n) is 5.59. The van der Waals surface area contributed by atoms with Crippen LogP contribution in [0.25, 0.3) is 11.3 Å². The number of ether oxygens (including phenoxy) is 1. The van der Waals surface area contributed by atoms with Gasteiger partial charge in [-0.1, -0.05) is 54.1 Å². The molecule has 1 unspecified atom stereocenters. The number of rotatable bonds is 8. The first-order valence-corrected chi connectivity index (χ1v) is 11.2. The third-order valence-corrected chi connectivity index (χ3v) is 5.84. The Bertz CT molecular complexity index is 1260. The monoisotopic (exact) mass is 476 g/mol. The number of hydrogen-bond donors (Lipinski definition) is 1. The summed E-state index contributed by atoms with van der Waals surface area (Å²) in [4.78, 5) is 26.2. The normalized spacial score (nSPS) is 11.7. The molecule has 34 heavy (non-hydrogen) atoms. The summed E-state index contributed by atoms with van der Waals surface area (Å²) in [6.07, 6.45) is 3.76. The molecule has 2 aromatic heterocycles. The summed E-state index contributed by atoms with van der Waals surface area (Å²) in [6.45, 7) is 2.42. The first-order chi connectivity index (χ1) is 16.5. The Kier molecular flexibility index (Phi) is 7.18. The smallest absolute Gasteiger partial charge is 0.328 e. The summed E-state index contributed by atoms with van der Waals surface area (Å²) in [5, 5.41) is 3.48. The van der Waals surface area contributed by atoms with Crippen LogP contribution in [-0.4, -0.2) is 29.6 Å². The van der Waals surface area contributed by atoms with Crippen LogP contribution in [0.1, 0.15) is 27.2 Å². The summed E-state index contributed by atoms with van der Waals surface area (Å²) < 4.78 is 12.5. The van der Waals surface area contributed by atoms with E-state index in [1.165, 1.54) is 7.11 Å². The average molecular weight is 477 g/mol. The first kappa shape index (κ1) is 23.4. The zero-order chi connectivity index (χ0) is 24.1. The number of carbonyl (C=O) groups excluding carboxylic acids is 2. The largest absolute Gasteiger partial charge is 0.467 e. The second-order valence-electron chi connectivity index (χ2n) is 8.01. The van der Waals surface area contributed by atoms with Crippen molar-refractivity contribution in [1.82, 2.24) is 9.88 Å². The van der Waals surface area contributed by atoms with E-state index in [9.17, 15) is 9.59 Å². The highest BCUT2D eigenvalue weighted by molar-refractivity contribution is 6.30. The van der Waals surface area contributed by atoms with Crippen molar-refractivity contribution >= 4 is 23.5 Å². The van der Waals surface area contributed by atoms with Crippen molar-refractivity contribution in [2.24, 2.45) is 0 Å². The predicted molar refractivity (Wildman–Crippen MR) is 131 cm³/mol. The maximum atomic E-state index is 13.7. The molecular weight excluding hydrogens is 452 g/mol. The molecule has 0 spiro atoms. The number of nitrogens with one attached hydrogen (secondary N) is 1. The van der Waals surface area contributed by atoms with Gasteiger partial charge in [0.25, 0.3) is 5.91 Å². The molecule has 174 valence electrons. The predicted octanol–water partition coefficient (Wildman–Crippen LogP) is 5.27. The van der Waals surface area contributed by atoms with Gasteiger partial charge in [0.1, 0.15) is 17.5 Å². The van der Waals surface area contributed by atoms with Crippen LogP contribution in [0.3, 0.4) is 0 Å². The lowest BCUT2D eigenvalue weighted by Gasteiger charge is -2.18. The fourth-order valence-electron chi connectivity index (χ4n) is 3.99. The number of methoxy groups -OCH3 is 1. The van der Waals surface area contributed by atoms with E-state index in [4.69, 9.17) is 20.8 Å². The number of esters is 1. The highest BCUT2D eigenvalue weighted by Crippen LogP contribution is 2.30. The van der Waals surface area contributed by atoms with Crippen LogP contribution >= 0.6 is 11.6 Å². The van der Waals surface area contributed by atoms with Crippen molar-refractivity contribution in [2.75, 3.05) is 7.11 Å². The Morgan fingerprint density at radius 2 is 1.76 bits per heavy atom. The summed E-state index contributed by atoms with van der Waals surface area (Å²) >= 11 is 5.98. The van der Waals surface area contributed by atoms with Gasteiger partial charge in [-0.25, -0.2) is 4.79 Å². The van der Waals surface area contributed by atoms with Gasteiger partial charge in [-0.3, -0.25) is 4.79 Å². The highest BCUT2D eigenvalue weighted by atomic mass is 35.5. The van der Waals surface area contributed by atoms with Crippen molar-refractivity contribution in [2.45, 2.75) is 25.9 Å². The Labute approximate surface area is 203 Å². The van der Waals surface area contributed by atoms with Crippen molar-refractivity contribution < 1.29 is 18.7 Å². The number of benzene rings is 2. The van der Waals surface area contributed by atoms with E-state index < -0.39 is 12.0 Å². The van der Waals surface area contributed by atoms with E-state index in [1.807, 2.05) is 66.2 Å². The first-order valence-electron chi connectivity index (χ1n) is 10.9. The molecule has 4 aromatic rings. The van der Waals surface area contributed by atoms with Crippen LogP contribution in [0.4, 0.5) is 0 Å². The van der Waals surface area contributed by atoms with Gasteiger partial charge >= 0.3 is 5.97 Å². The van der Waals surface area contributed by atoms with E-state index in [2.05, 4.69) is 5.32 Å². The molecule has 6 nitrogen and oxygen atoms in total. The van der Waals surface area contributed by atoms with Gasteiger partial charge in [-0.05, 0) is 47.9 Å². The molecule has 0 saturated heterocycles. The quantitative estimate of drug-likeness (QED) is 0.351. The fraction of sp³-hybridized carbons (Fsp3) is 0.185. The third kappa shape index (κ3) is 5.24. The maximum Gasteiger partial charge on any atom is 0.328 e. The van der Waals surface area contributed by atoms with Crippen molar-refractivity contribution in [1.29, 1.82) is 0 Å². The van der Waals surface area contributed by atoms with E-state index in [-0.39, 0.29) is 12.3 Å². The van der Waals surface area contributed by atoms with Gasteiger partial charge < -0.3 is 19.0 Å². The second-order valence-corrected chi connectivity index (χ2v) is 8.44. The number of aromatic nitrogens is 1. The number of aryl methyl sites for hydroxylation is 1. The Morgan fingerprint density at radius 3 is 2.41 bits per heavy atom. The Hall–Kier alpha value is -3.77. The van der Waals surface area contributed by atoms with Crippen LogP contribution in [0.15, 0.2) is 83.6 Å². The Morgan fingerprint density at radius 1 is 1.03 bits per heavy atom. The standard InChI is InChI=1S/C27H25ClN2O4/c1-18-16-30(17-20-7-4-3-5-8-20)25(24(18)23-9-6-14-34-23)26(31)29-22(27(32)33-2)15-19-10-12-21(28)13-11-19/h3-14,16,22H,15,17H2,1-2H3,(H,29,31). The van der Waals surface area contributed by atoms with Gasteiger partial charge in [0.05, 0.1) is 18.9 Å². The minimum Gasteiger partial charge on any atom is -0.467 e. The number of carbonyl (C=O) groups is 2. The van der Waals surface area contributed by atoms with E-state index in [1.54, 1.807) is 24.5 Å². The number of halogens is 1. The van der Waals surface area contributed by atoms with Gasteiger partial charge in [-0.15, -0.1) is 0 Å². The lowest BCUT2D eigenvalue weighted by molar-refractivity contribution is -0.142. The molecule has 2 heterocycles. The van der Waals surface area contributed by atoms with Crippen molar-refractivity contribution in [3.05, 3.63) is 107 Å². The van der Waals surface area contributed by atoms with Crippen LogP contribution < -0.4 is 5.32 Å². The number of furan rings is 1. The molecule has 4 rings (SSSR count). The molecular formula is C27H25ClN2O4.